The summed E-state index contributed by atoms with van der Waals surface area (Å²) in [6.07, 6.45) is 0. The zero-order valence-electron chi connectivity index (χ0n) is 11.3. The van der Waals surface area contributed by atoms with Gasteiger partial charge in [-0.15, -0.1) is 0 Å². The molecule has 0 radical (unpaired) electrons. The molecule has 0 atom stereocenters. The number of halogens is 1. The molecule has 0 saturated carbocycles. The third-order valence-electron chi connectivity index (χ3n) is 3.02. The molecule has 6 nitrogen and oxygen atoms in total. The van der Waals surface area contributed by atoms with Gasteiger partial charge in [-0.2, -0.15) is 0 Å². The van der Waals surface area contributed by atoms with Gasteiger partial charge in [0.1, 0.15) is 5.75 Å². The molecule has 21 heavy (non-hydrogen) atoms. The lowest BCUT2D eigenvalue weighted by Gasteiger charge is -2.12. The topological polar surface area (TPSA) is 87.4 Å². The van der Waals surface area contributed by atoms with Crippen LogP contribution in [0.5, 0.6) is 5.75 Å². The molecule has 0 spiro atoms. The first-order chi connectivity index (χ1) is 10.0. The molecule has 110 valence electrons. The van der Waals surface area contributed by atoms with Gasteiger partial charge in [-0.25, -0.2) is 5.43 Å². The van der Waals surface area contributed by atoms with Gasteiger partial charge in [-0.1, -0.05) is 18.2 Å². The quantitative estimate of drug-likeness (QED) is 0.566. The fourth-order valence-corrected chi connectivity index (χ4v) is 2.32. The van der Waals surface area contributed by atoms with Gasteiger partial charge in [0.15, 0.2) is 0 Å². The van der Waals surface area contributed by atoms with E-state index in [0.717, 1.165) is 5.69 Å². The minimum Gasteiger partial charge on any atom is -0.506 e. The molecule has 0 aliphatic rings. The van der Waals surface area contributed by atoms with E-state index in [9.17, 15) is 15.2 Å². The summed E-state index contributed by atoms with van der Waals surface area (Å²) in [7, 11) is 0. The van der Waals surface area contributed by atoms with E-state index >= 15 is 0 Å². The Kier molecular flexibility index (Phi) is 4.77. The number of anilines is 1. The summed E-state index contributed by atoms with van der Waals surface area (Å²) >= 11 is 3.18. The summed E-state index contributed by atoms with van der Waals surface area (Å²) in [6, 6.07) is 10.8. The van der Waals surface area contributed by atoms with Crippen molar-refractivity contribution in [3.05, 3.63) is 62.1 Å². The number of nitrogens with one attached hydrogen (secondary N) is 2. The summed E-state index contributed by atoms with van der Waals surface area (Å²) < 4.78 is 0.341. The van der Waals surface area contributed by atoms with Crippen molar-refractivity contribution in [3.63, 3.8) is 0 Å². The molecular formula is C14H14BrN3O3. The highest BCUT2D eigenvalue weighted by atomic mass is 79.9. The molecule has 3 N–H and O–H groups in total. The van der Waals surface area contributed by atoms with Crippen LogP contribution >= 0.6 is 15.9 Å². The van der Waals surface area contributed by atoms with E-state index in [0.29, 0.717) is 15.6 Å². The normalized spacial score (nSPS) is 10.4. The number of nitro benzene ring substituents is 1. The van der Waals surface area contributed by atoms with Crippen LogP contribution in [0.4, 0.5) is 11.4 Å². The van der Waals surface area contributed by atoms with Gasteiger partial charge in [-0.05, 0) is 35.0 Å². The molecule has 7 heteroatoms. The Bertz CT molecular complexity index is 662. The molecule has 0 aromatic heterocycles. The van der Waals surface area contributed by atoms with Crippen LogP contribution in [0.15, 0.2) is 40.9 Å². The Morgan fingerprint density at radius 3 is 2.62 bits per heavy atom. The summed E-state index contributed by atoms with van der Waals surface area (Å²) in [6.45, 7) is 1.82. The van der Waals surface area contributed by atoms with Crippen molar-refractivity contribution < 1.29 is 10.0 Å². The first-order valence-electron chi connectivity index (χ1n) is 6.20. The number of phenols is 1. The number of aromatic hydroxyl groups is 1. The lowest BCUT2D eigenvalue weighted by molar-refractivity contribution is -0.385. The van der Waals surface area contributed by atoms with Crippen molar-refractivity contribution in [2.45, 2.75) is 13.5 Å². The lowest BCUT2D eigenvalue weighted by Crippen LogP contribution is -2.21. The highest BCUT2D eigenvalue weighted by Gasteiger charge is 2.19. The molecule has 0 aliphatic heterocycles. The Labute approximate surface area is 130 Å². The second-order valence-electron chi connectivity index (χ2n) is 4.44. The SMILES string of the molecule is Cc1c([N+](=O)[O-])cc(CNNc2ccccc2)c(O)c1Br. The van der Waals surface area contributed by atoms with Crippen molar-refractivity contribution in [1.29, 1.82) is 0 Å². The molecule has 0 aliphatic carbocycles. The average molecular weight is 352 g/mol. The monoisotopic (exact) mass is 351 g/mol. The number of nitro groups is 1. The van der Waals surface area contributed by atoms with Crippen molar-refractivity contribution in [2.75, 3.05) is 5.43 Å². The van der Waals surface area contributed by atoms with E-state index in [1.807, 2.05) is 30.3 Å². The van der Waals surface area contributed by atoms with Crippen LogP contribution in [0.2, 0.25) is 0 Å². The van der Waals surface area contributed by atoms with E-state index < -0.39 is 4.92 Å². The maximum absolute atomic E-state index is 11.0. The minimum atomic E-state index is -0.465. The number of hydrogen-bond donors (Lipinski definition) is 3. The fourth-order valence-electron chi connectivity index (χ4n) is 1.86. The van der Waals surface area contributed by atoms with Crippen molar-refractivity contribution in [1.82, 2.24) is 5.43 Å². The van der Waals surface area contributed by atoms with Gasteiger partial charge < -0.3 is 10.5 Å². The number of nitrogens with zero attached hydrogens (tertiary/aromatic N) is 1. The zero-order chi connectivity index (χ0) is 15.4. The molecule has 0 heterocycles. The molecule has 0 amide bonds. The van der Waals surface area contributed by atoms with Crippen LogP contribution in [0.25, 0.3) is 0 Å². The van der Waals surface area contributed by atoms with Crippen LogP contribution in [0, 0.1) is 17.0 Å². The van der Waals surface area contributed by atoms with E-state index in [1.165, 1.54) is 6.07 Å². The van der Waals surface area contributed by atoms with Crippen LogP contribution in [-0.4, -0.2) is 10.0 Å². The highest BCUT2D eigenvalue weighted by Crippen LogP contribution is 2.36. The number of rotatable bonds is 5. The first-order valence-corrected chi connectivity index (χ1v) is 6.99. The average Bonchev–Trinajstić information content (AvgIpc) is 2.48. The van der Waals surface area contributed by atoms with Crippen LogP contribution < -0.4 is 10.9 Å². The van der Waals surface area contributed by atoms with Crippen LogP contribution in [0.1, 0.15) is 11.1 Å². The van der Waals surface area contributed by atoms with Crippen LogP contribution in [-0.2, 0) is 6.54 Å². The lowest BCUT2D eigenvalue weighted by atomic mass is 10.1. The van der Waals surface area contributed by atoms with E-state index in [4.69, 9.17) is 0 Å². The van der Waals surface area contributed by atoms with E-state index in [1.54, 1.807) is 6.92 Å². The van der Waals surface area contributed by atoms with Crippen LogP contribution in [0.3, 0.4) is 0 Å². The maximum atomic E-state index is 11.0. The first kappa shape index (κ1) is 15.3. The second kappa shape index (κ2) is 6.55. The smallest absolute Gasteiger partial charge is 0.274 e. The Morgan fingerprint density at radius 2 is 2.00 bits per heavy atom. The molecule has 2 aromatic carbocycles. The molecular weight excluding hydrogens is 338 g/mol. The summed E-state index contributed by atoms with van der Waals surface area (Å²) in [5, 5.41) is 21.0. The molecule has 2 aromatic rings. The zero-order valence-corrected chi connectivity index (χ0v) is 12.8. The minimum absolute atomic E-state index is 0.000427. The Balaban J connectivity index is 2.15. The molecule has 2 rings (SSSR count). The van der Waals surface area contributed by atoms with Gasteiger partial charge in [0, 0.05) is 29.4 Å². The summed E-state index contributed by atoms with van der Waals surface area (Å²) in [5.41, 5.74) is 7.54. The van der Waals surface area contributed by atoms with Gasteiger partial charge in [0.05, 0.1) is 9.40 Å². The molecule has 0 fully saturated rings. The number of hydrazine groups is 1. The van der Waals surface area contributed by atoms with Gasteiger partial charge >= 0.3 is 0 Å². The molecule has 0 bridgehead atoms. The maximum Gasteiger partial charge on any atom is 0.274 e. The molecule has 0 saturated heterocycles. The summed E-state index contributed by atoms with van der Waals surface area (Å²) in [4.78, 5) is 10.5. The number of phenolic OH excluding ortho intramolecular Hbond substituents is 1. The van der Waals surface area contributed by atoms with Gasteiger partial charge in [0.2, 0.25) is 0 Å². The van der Waals surface area contributed by atoms with Gasteiger partial charge in [-0.3, -0.25) is 10.1 Å². The van der Waals surface area contributed by atoms with E-state index in [-0.39, 0.29) is 18.0 Å². The Morgan fingerprint density at radius 1 is 1.33 bits per heavy atom. The third-order valence-corrected chi connectivity index (χ3v) is 3.99. The largest absolute Gasteiger partial charge is 0.506 e. The fraction of sp³-hybridized carbons (Fsp3) is 0.143. The number of benzene rings is 2. The van der Waals surface area contributed by atoms with Crippen molar-refractivity contribution in [3.8, 4) is 5.75 Å². The predicted molar refractivity (Wildman–Crippen MR) is 84.1 cm³/mol. The van der Waals surface area contributed by atoms with Crippen molar-refractivity contribution >= 4 is 27.3 Å². The number of hydrogen-bond acceptors (Lipinski definition) is 5. The predicted octanol–water partition coefficient (Wildman–Crippen LogP) is 3.49. The number of para-hydroxylation sites is 1. The van der Waals surface area contributed by atoms with E-state index in [2.05, 4.69) is 26.8 Å². The second-order valence-corrected chi connectivity index (χ2v) is 5.24. The van der Waals surface area contributed by atoms with Gasteiger partial charge in [0.25, 0.3) is 5.69 Å². The summed E-state index contributed by atoms with van der Waals surface area (Å²) in [5.74, 6) is 0.000427. The molecule has 0 unspecified atom stereocenters. The Hall–Kier alpha value is -2.12. The highest BCUT2D eigenvalue weighted by molar-refractivity contribution is 9.10. The standard InChI is InChI=1S/C14H14BrN3O3/c1-9-12(18(20)21)7-10(14(19)13(9)15)8-16-17-11-5-3-2-4-6-11/h2-7,16-17,19H,8H2,1H3. The van der Waals surface area contributed by atoms with Crippen molar-refractivity contribution in [2.24, 2.45) is 0 Å². The third kappa shape index (κ3) is 3.50.